The highest BCUT2D eigenvalue weighted by atomic mass is 32.2. The lowest BCUT2D eigenvalue weighted by Crippen LogP contribution is -2.16. The Labute approximate surface area is 169 Å². The van der Waals surface area contributed by atoms with E-state index in [1.165, 1.54) is 0 Å². The Hall–Kier alpha value is -3.03. The molecule has 4 rings (SSSR count). The number of benzene rings is 2. The highest BCUT2D eigenvalue weighted by Crippen LogP contribution is 2.42. The lowest BCUT2D eigenvalue weighted by molar-refractivity contribution is -0.116. The SMILES string of the molecule is CS(=O)(=O)O.Cc1ccc(C2=C3C(=O)NC(c4ccc(C)cc4)=C3C(=O)C2)cc1. The van der Waals surface area contributed by atoms with Gasteiger partial charge in [-0.1, -0.05) is 59.7 Å². The van der Waals surface area contributed by atoms with Crippen LogP contribution in [0.2, 0.25) is 0 Å². The van der Waals surface area contributed by atoms with Crippen LogP contribution in [0.1, 0.15) is 28.7 Å². The van der Waals surface area contributed by atoms with Crippen LogP contribution in [0.25, 0.3) is 11.3 Å². The normalized spacial score (nSPS) is 15.9. The van der Waals surface area contributed by atoms with E-state index >= 15 is 0 Å². The van der Waals surface area contributed by atoms with Crippen LogP contribution in [0.15, 0.2) is 59.7 Å². The third kappa shape index (κ3) is 4.70. The number of ketones is 1. The molecule has 0 radical (unpaired) electrons. The molecule has 2 aliphatic rings. The Morgan fingerprint density at radius 1 is 0.828 bits per heavy atom. The van der Waals surface area contributed by atoms with Crippen molar-refractivity contribution in [3.63, 3.8) is 0 Å². The summed E-state index contributed by atoms with van der Waals surface area (Å²) in [6.45, 7) is 4.03. The van der Waals surface area contributed by atoms with Gasteiger partial charge in [0.05, 0.1) is 23.1 Å². The number of carbonyl (C=O) groups is 2. The van der Waals surface area contributed by atoms with E-state index in [9.17, 15) is 18.0 Å². The van der Waals surface area contributed by atoms with E-state index in [-0.39, 0.29) is 18.1 Å². The second-order valence-corrected chi connectivity index (χ2v) is 8.59. The summed E-state index contributed by atoms with van der Waals surface area (Å²) >= 11 is 0. The van der Waals surface area contributed by atoms with E-state index in [1.54, 1.807) is 0 Å². The van der Waals surface area contributed by atoms with Gasteiger partial charge in [0.2, 0.25) is 0 Å². The van der Waals surface area contributed by atoms with E-state index in [1.807, 2.05) is 62.4 Å². The standard InChI is InChI=1S/C21H17NO2.CH4O3S/c1-12-3-7-14(8-4-12)16-11-17(23)19-18(16)21(24)22-20(19)15-9-5-13(2)6-10-15;1-5(2,3)4/h3-10H,11H2,1-2H3,(H,22,24);1H3,(H,2,3,4). The number of hydrogen-bond donors (Lipinski definition) is 2. The number of nitrogens with one attached hydrogen (secondary N) is 1. The van der Waals surface area contributed by atoms with E-state index in [0.29, 0.717) is 23.1 Å². The molecule has 6 nitrogen and oxygen atoms in total. The predicted octanol–water partition coefficient (Wildman–Crippen LogP) is 3.07. The monoisotopic (exact) mass is 411 g/mol. The molecule has 0 spiro atoms. The van der Waals surface area contributed by atoms with Crippen LogP contribution in [0.3, 0.4) is 0 Å². The highest BCUT2D eigenvalue weighted by Gasteiger charge is 2.40. The fraction of sp³-hybridized carbons (Fsp3) is 0.182. The van der Waals surface area contributed by atoms with Crippen molar-refractivity contribution in [2.45, 2.75) is 20.3 Å². The minimum absolute atomic E-state index is 0.00880. The summed E-state index contributed by atoms with van der Waals surface area (Å²) in [4.78, 5) is 25.2. The molecule has 150 valence electrons. The molecular formula is C22H21NO5S. The summed E-state index contributed by atoms with van der Waals surface area (Å²) in [6.07, 6.45) is 1.00. The van der Waals surface area contributed by atoms with Crippen LogP contribution in [0.4, 0.5) is 0 Å². The largest absolute Gasteiger partial charge is 0.321 e. The molecular weight excluding hydrogens is 390 g/mol. The third-order valence-electron chi connectivity index (χ3n) is 4.62. The van der Waals surface area contributed by atoms with Gasteiger partial charge in [-0.25, -0.2) is 0 Å². The summed E-state index contributed by atoms with van der Waals surface area (Å²) < 4.78 is 25.9. The first-order valence-electron chi connectivity index (χ1n) is 8.93. The van der Waals surface area contributed by atoms with Gasteiger partial charge < -0.3 is 5.32 Å². The van der Waals surface area contributed by atoms with Gasteiger partial charge in [-0.3, -0.25) is 14.1 Å². The minimum atomic E-state index is -3.67. The molecule has 1 heterocycles. The number of allylic oxidation sites excluding steroid dienone is 1. The molecule has 1 aliphatic heterocycles. The lowest BCUT2D eigenvalue weighted by Gasteiger charge is -2.06. The minimum Gasteiger partial charge on any atom is -0.321 e. The maximum atomic E-state index is 12.6. The van der Waals surface area contributed by atoms with Gasteiger partial charge in [0.25, 0.3) is 16.0 Å². The smallest absolute Gasteiger partial charge is 0.261 e. The van der Waals surface area contributed by atoms with Crippen LogP contribution in [-0.2, 0) is 19.7 Å². The molecule has 1 aliphatic carbocycles. The third-order valence-corrected chi connectivity index (χ3v) is 4.62. The van der Waals surface area contributed by atoms with Crippen molar-refractivity contribution in [1.82, 2.24) is 5.32 Å². The average Bonchev–Trinajstić information content (AvgIpc) is 3.14. The van der Waals surface area contributed by atoms with Gasteiger partial charge in [0.1, 0.15) is 0 Å². The Balaban J connectivity index is 0.000000431. The Morgan fingerprint density at radius 2 is 1.28 bits per heavy atom. The lowest BCUT2D eigenvalue weighted by atomic mass is 10.00. The first-order valence-corrected chi connectivity index (χ1v) is 10.8. The molecule has 0 atom stereocenters. The molecule has 0 bridgehead atoms. The highest BCUT2D eigenvalue weighted by molar-refractivity contribution is 7.85. The number of hydrogen-bond acceptors (Lipinski definition) is 4. The van der Waals surface area contributed by atoms with Crippen molar-refractivity contribution in [1.29, 1.82) is 0 Å². The Morgan fingerprint density at radius 3 is 1.76 bits per heavy atom. The van der Waals surface area contributed by atoms with Gasteiger partial charge in [0.15, 0.2) is 5.78 Å². The van der Waals surface area contributed by atoms with E-state index < -0.39 is 10.1 Å². The molecule has 2 aromatic rings. The summed E-state index contributed by atoms with van der Waals surface area (Å²) in [5, 5.41) is 2.90. The zero-order valence-electron chi connectivity index (χ0n) is 16.3. The van der Waals surface area contributed by atoms with Crippen LogP contribution < -0.4 is 5.32 Å². The molecule has 29 heavy (non-hydrogen) atoms. The fourth-order valence-electron chi connectivity index (χ4n) is 3.32. The second-order valence-electron chi connectivity index (χ2n) is 7.12. The fourth-order valence-corrected chi connectivity index (χ4v) is 3.32. The van der Waals surface area contributed by atoms with Crippen molar-refractivity contribution in [3.8, 4) is 0 Å². The molecule has 2 aromatic carbocycles. The van der Waals surface area contributed by atoms with Crippen LogP contribution in [-0.4, -0.2) is 30.9 Å². The molecule has 0 unspecified atom stereocenters. The molecule has 1 amide bonds. The number of carbonyl (C=O) groups excluding carboxylic acids is 2. The van der Waals surface area contributed by atoms with Crippen LogP contribution >= 0.6 is 0 Å². The van der Waals surface area contributed by atoms with Crippen LogP contribution in [0, 0.1) is 13.8 Å². The predicted molar refractivity (Wildman–Crippen MR) is 111 cm³/mol. The zero-order chi connectivity index (χ0) is 21.3. The van der Waals surface area contributed by atoms with Crippen molar-refractivity contribution >= 4 is 33.1 Å². The van der Waals surface area contributed by atoms with E-state index in [0.717, 1.165) is 27.8 Å². The number of fused-ring (bicyclic) bond motifs is 1. The summed E-state index contributed by atoms with van der Waals surface area (Å²) in [5.41, 5.74) is 6.66. The number of rotatable bonds is 2. The molecule has 0 saturated heterocycles. The molecule has 0 saturated carbocycles. The Bertz CT molecular complexity index is 1070. The second kappa shape index (κ2) is 7.77. The van der Waals surface area contributed by atoms with Crippen molar-refractivity contribution < 1.29 is 22.6 Å². The maximum Gasteiger partial charge on any atom is 0.261 e. The van der Waals surface area contributed by atoms with E-state index in [2.05, 4.69) is 5.32 Å². The molecule has 7 heteroatoms. The van der Waals surface area contributed by atoms with Crippen LogP contribution in [0.5, 0.6) is 0 Å². The first-order chi connectivity index (χ1) is 13.5. The number of aryl methyl sites for hydroxylation is 2. The maximum absolute atomic E-state index is 12.6. The zero-order valence-corrected chi connectivity index (χ0v) is 17.1. The van der Waals surface area contributed by atoms with Gasteiger partial charge in [-0.15, -0.1) is 0 Å². The molecule has 0 fully saturated rings. The van der Waals surface area contributed by atoms with Crippen molar-refractivity contribution in [3.05, 3.63) is 81.9 Å². The topological polar surface area (TPSA) is 101 Å². The quantitative estimate of drug-likeness (QED) is 0.740. The average molecular weight is 411 g/mol. The van der Waals surface area contributed by atoms with Gasteiger partial charge in [-0.2, -0.15) is 8.42 Å². The summed E-state index contributed by atoms with van der Waals surface area (Å²) in [5.74, 6) is -0.170. The number of amides is 1. The Kier molecular flexibility index (Phi) is 5.55. The van der Waals surface area contributed by atoms with Crippen molar-refractivity contribution in [2.75, 3.05) is 6.26 Å². The molecule has 2 N–H and O–H groups in total. The summed E-state index contributed by atoms with van der Waals surface area (Å²) in [7, 11) is -3.67. The van der Waals surface area contributed by atoms with E-state index in [4.69, 9.17) is 4.55 Å². The van der Waals surface area contributed by atoms with Crippen molar-refractivity contribution in [2.24, 2.45) is 0 Å². The summed E-state index contributed by atoms with van der Waals surface area (Å²) in [6, 6.07) is 15.8. The molecule has 0 aromatic heterocycles. The van der Waals surface area contributed by atoms with Gasteiger partial charge in [-0.05, 0) is 30.5 Å². The van der Waals surface area contributed by atoms with Gasteiger partial charge in [0, 0.05) is 6.42 Å². The number of Topliss-reactive ketones (excluding diaryl/α,β-unsaturated/α-hetero) is 1. The van der Waals surface area contributed by atoms with Gasteiger partial charge >= 0.3 is 0 Å². The first kappa shape index (κ1) is 20.7.